The van der Waals surface area contributed by atoms with E-state index in [1.807, 2.05) is 0 Å². The third-order valence-electron chi connectivity index (χ3n) is 4.91. The number of fused-ring (bicyclic) bond motifs is 1. The minimum Gasteiger partial charge on any atom is -0.488 e. The van der Waals surface area contributed by atoms with Crippen molar-refractivity contribution in [1.82, 2.24) is 0 Å². The van der Waals surface area contributed by atoms with E-state index in [-0.39, 0.29) is 12.2 Å². The molecule has 0 spiro atoms. The normalized spacial score (nSPS) is 15.8. The average molecular weight is 487 g/mol. The Balaban J connectivity index is 1.62. The Morgan fingerprint density at radius 1 is 0.882 bits per heavy atom. The van der Waals surface area contributed by atoms with Crippen molar-refractivity contribution < 1.29 is 44.9 Å². The molecule has 1 heterocycles. The van der Waals surface area contributed by atoms with Gasteiger partial charge in [0.15, 0.2) is 0 Å². The van der Waals surface area contributed by atoms with E-state index in [2.05, 4.69) is 14.8 Å². The Kier molecular flexibility index (Phi) is 6.20. The Hall–Kier alpha value is -3.63. The monoisotopic (exact) mass is 487 g/mol. The molecule has 11 heteroatoms. The van der Waals surface area contributed by atoms with Crippen LogP contribution in [0.5, 0.6) is 17.2 Å². The van der Waals surface area contributed by atoms with Crippen molar-refractivity contribution in [1.29, 1.82) is 0 Å². The lowest BCUT2D eigenvalue weighted by Crippen LogP contribution is -2.34. The number of rotatable bonds is 6. The quantitative estimate of drug-likeness (QED) is 0.379. The first kappa shape index (κ1) is 23.5. The van der Waals surface area contributed by atoms with Gasteiger partial charge in [0.1, 0.15) is 23.9 Å². The maximum Gasteiger partial charge on any atom is 0.573 e. The van der Waals surface area contributed by atoms with E-state index in [1.165, 1.54) is 30.3 Å². The fraction of sp³-hybridized carbons (Fsp3) is 0.217. The summed E-state index contributed by atoms with van der Waals surface area (Å²) >= 11 is 0. The van der Waals surface area contributed by atoms with Crippen LogP contribution < -0.4 is 19.5 Å². The van der Waals surface area contributed by atoms with E-state index in [4.69, 9.17) is 4.74 Å². The van der Waals surface area contributed by atoms with Gasteiger partial charge >= 0.3 is 18.9 Å². The summed E-state index contributed by atoms with van der Waals surface area (Å²) in [6, 6.07) is 15.0. The second-order valence-electron chi connectivity index (χ2n) is 7.27. The number of hydrogen-bond donors (Lipinski definition) is 1. The highest BCUT2D eigenvalue weighted by atomic mass is 19.4. The van der Waals surface area contributed by atoms with Gasteiger partial charge in [-0.25, -0.2) is 0 Å². The van der Waals surface area contributed by atoms with Crippen LogP contribution in [0.15, 0.2) is 66.7 Å². The minimum atomic E-state index is -4.85. The Labute approximate surface area is 188 Å². The standard InChI is InChI=1S/C23H16F7NO3/c24-21(25)22(26,27)34-19-10-2-1-7-16(19)18-12-32-20-15(8-4-9-17(20)31-18)13-5-3-6-14(11-13)33-23(28,29)30/h1-11,18,21,31H,12H2. The maximum atomic E-state index is 13.5. The fourth-order valence-corrected chi connectivity index (χ4v) is 3.51. The van der Waals surface area contributed by atoms with Gasteiger partial charge in [-0.05, 0) is 29.8 Å². The molecular weight excluding hydrogens is 471 g/mol. The van der Waals surface area contributed by atoms with Crippen LogP contribution in [0, 0.1) is 0 Å². The van der Waals surface area contributed by atoms with E-state index in [0.717, 1.165) is 12.1 Å². The van der Waals surface area contributed by atoms with Crippen LogP contribution in [0.1, 0.15) is 11.6 Å². The lowest BCUT2D eigenvalue weighted by molar-refractivity contribution is -0.274. The lowest BCUT2D eigenvalue weighted by atomic mass is 10.00. The summed E-state index contributed by atoms with van der Waals surface area (Å²) in [6.45, 7) is -0.0939. The van der Waals surface area contributed by atoms with Crippen LogP contribution in [-0.4, -0.2) is 25.5 Å². The molecule has 1 aliphatic heterocycles. The van der Waals surface area contributed by atoms with Gasteiger partial charge in [-0.2, -0.15) is 17.6 Å². The highest BCUT2D eigenvalue weighted by Gasteiger charge is 2.44. The topological polar surface area (TPSA) is 39.7 Å². The molecule has 3 aromatic carbocycles. The van der Waals surface area contributed by atoms with Gasteiger partial charge in [0.25, 0.3) is 0 Å². The third-order valence-corrected chi connectivity index (χ3v) is 4.91. The van der Waals surface area contributed by atoms with Crippen LogP contribution in [0.3, 0.4) is 0 Å². The molecule has 3 aromatic rings. The zero-order valence-corrected chi connectivity index (χ0v) is 17.1. The molecule has 0 bridgehead atoms. The van der Waals surface area contributed by atoms with Crippen LogP contribution >= 0.6 is 0 Å². The van der Waals surface area contributed by atoms with Crippen molar-refractivity contribution >= 4 is 5.69 Å². The van der Waals surface area contributed by atoms with Crippen molar-refractivity contribution in [3.05, 3.63) is 72.3 Å². The molecule has 0 fully saturated rings. The largest absolute Gasteiger partial charge is 0.573 e. The van der Waals surface area contributed by atoms with Crippen LogP contribution in [-0.2, 0) is 0 Å². The summed E-state index contributed by atoms with van der Waals surface area (Å²) in [7, 11) is 0. The first-order chi connectivity index (χ1) is 16.0. The molecule has 0 aliphatic carbocycles. The highest BCUT2D eigenvalue weighted by Crippen LogP contribution is 2.44. The van der Waals surface area contributed by atoms with Gasteiger partial charge in [0.05, 0.1) is 11.7 Å². The molecule has 0 radical (unpaired) electrons. The number of alkyl halides is 7. The Morgan fingerprint density at radius 2 is 1.62 bits per heavy atom. The predicted octanol–water partition coefficient (Wildman–Crippen LogP) is 7.03. The molecule has 0 aromatic heterocycles. The SMILES string of the molecule is FC(F)C(F)(F)Oc1ccccc1C1COc2c(cccc2-c2cccc(OC(F)(F)F)c2)N1. The zero-order chi connectivity index (χ0) is 24.5. The van der Waals surface area contributed by atoms with E-state index in [0.29, 0.717) is 22.6 Å². The van der Waals surface area contributed by atoms with Gasteiger partial charge in [-0.3, -0.25) is 0 Å². The fourth-order valence-electron chi connectivity index (χ4n) is 3.51. The van der Waals surface area contributed by atoms with Crippen molar-refractivity contribution in [2.45, 2.75) is 24.9 Å². The molecule has 1 N–H and O–H groups in total. The molecule has 0 saturated heterocycles. The summed E-state index contributed by atoms with van der Waals surface area (Å²) in [4.78, 5) is 0. The number of hydrogen-bond acceptors (Lipinski definition) is 4. The first-order valence-corrected chi connectivity index (χ1v) is 9.86. The molecular formula is C23H16F7NO3. The summed E-state index contributed by atoms with van der Waals surface area (Å²) in [5.74, 6) is -0.528. The zero-order valence-electron chi connectivity index (χ0n) is 17.1. The molecule has 1 atom stereocenters. The molecule has 4 nitrogen and oxygen atoms in total. The summed E-state index contributed by atoms with van der Waals surface area (Å²) in [5, 5.41) is 3.08. The smallest absolute Gasteiger partial charge is 0.488 e. The van der Waals surface area contributed by atoms with Crippen molar-refractivity contribution in [2.75, 3.05) is 11.9 Å². The summed E-state index contributed by atoms with van der Waals surface area (Å²) in [6.07, 6.45) is -13.5. The second-order valence-corrected chi connectivity index (χ2v) is 7.27. The number of nitrogens with one attached hydrogen (secondary N) is 1. The van der Waals surface area contributed by atoms with E-state index >= 15 is 0 Å². The van der Waals surface area contributed by atoms with E-state index in [1.54, 1.807) is 24.3 Å². The molecule has 0 amide bonds. The summed E-state index contributed by atoms with van der Waals surface area (Å²) < 4.78 is 104. The third kappa shape index (κ3) is 5.13. The van der Waals surface area contributed by atoms with E-state index in [9.17, 15) is 30.7 Å². The number of ether oxygens (including phenoxy) is 3. The van der Waals surface area contributed by atoms with Gasteiger partial charge in [-0.15, -0.1) is 13.2 Å². The van der Waals surface area contributed by atoms with Crippen molar-refractivity contribution in [2.24, 2.45) is 0 Å². The number of halogens is 7. The maximum absolute atomic E-state index is 13.5. The van der Waals surface area contributed by atoms with Gasteiger partial charge < -0.3 is 19.5 Å². The predicted molar refractivity (Wildman–Crippen MR) is 108 cm³/mol. The molecule has 0 saturated carbocycles. The van der Waals surface area contributed by atoms with Gasteiger partial charge in [0.2, 0.25) is 0 Å². The van der Waals surface area contributed by atoms with Crippen molar-refractivity contribution in [3.63, 3.8) is 0 Å². The molecule has 34 heavy (non-hydrogen) atoms. The molecule has 1 aliphatic rings. The van der Waals surface area contributed by atoms with Gasteiger partial charge in [-0.1, -0.05) is 42.5 Å². The second kappa shape index (κ2) is 8.96. The molecule has 180 valence electrons. The van der Waals surface area contributed by atoms with Crippen LogP contribution in [0.2, 0.25) is 0 Å². The Bertz CT molecular complexity index is 1170. The lowest BCUT2D eigenvalue weighted by Gasteiger charge is -2.31. The van der Waals surface area contributed by atoms with Gasteiger partial charge in [0, 0.05) is 11.1 Å². The van der Waals surface area contributed by atoms with Crippen LogP contribution in [0.25, 0.3) is 11.1 Å². The highest BCUT2D eigenvalue weighted by molar-refractivity contribution is 5.79. The Morgan fingerprint density at radius 3 is 2.35 bits per heavy atom. The molecule has 1 unspecified atom stereocenters. The van der Waals surface area contributed by atoms with Crippen molar-refractivity contribution in [3.8, 4) is 28.4 Å². The average Bonchev–Trinajstić information content (AvgIpc) is 2.77. The number of anilines is 1. The first-order valence-electron chi connectivity index (χ1n) is 9.86. The van der Waals surface area contributed by atoms with E-state index < -0.39 is 36.4 Å². The van der Waals surface area contributed by atoms with Crippen LogP contribution in [0.4, 0.5) is 36.4 Å². The number of para-hydroxylation sites is 2. The number of benzene rings is 3. The minimum absolute atomic E-state index is 0.0939. The molecule has 4 rings (SSSR count). The summed E-state index contributed by atoms with van der Waals surface area (Å²) in [5.41, 5.74) is 1.44.